The topological polar surface area (TPSA) is 108 Å². The maximum Gasteiger partial charge on any atom is 0.258 e. The maximum absolute atomic E-state index is 12.7. The molecule has 3 aromatic rings. The summed E-state index contributed by atoms with van der Waals surface area (Å²) in [5, 5.41) is 18.3. The molecule has 3 heterocycles. The predicted molar refractivity (Wildman–Crippen MR) is 123 cm³/mol. The molecule has 0 aliphatic carbocycles. The van der Waals surface area contributed by atoms with Gasteiger partial charge in [-0.05, 0) is 36.2 Å². The van der Waals surface area contributed by atoms with Crippen molar-refractivity contribution in [2.75, 3.05) is 18.0 Å². The lowest BCUT2D eigenvalue weighted by atomic mass is 10.1. The largest absolute Gasteiger partial charge is 0.490 e. The fourth-order valence-electron chi connectivity index (χ4n) is 3.91. The molecule has 0 N–H and O–H groups in total. The number of ether oxygens (including phenoxy) is 1. The first-order valence-corrected chi connectivity index (χ1v) is 11.0. The first-order chi connectivity index (χ1) is 16.1. The van der Waals surface area contributed by atoms with Gasteiger partial charge in [-0.2, -0.15) is 10.5 Å². The molecule has 1 saturated heterocycles. The summed E-state index contributed by atoms with van der Waals surface area (Å²) in [4.78, 5) is 23.8. The molecule has 2 aromatic heterocycles. The number of aryl methyl sites for hydroxylation is 1. The van der Waals surface area contributed by atoms with E-state index in [1.54, 1.807) is 24.4 Å². The molecule has 1 aliphatic rings. The average molecular weight is 441 g/mol. The Bertz CT molecular complexity index is 1260. The van der Waals surface area contributed by atoms with Crippen molar-refractivity contribution in [1.29, 1.82) is 10.5 Å². The fourth-order valence-corrected chi connectivity index (χ4v) is 3.91. The first kappa shape index (κ1) is 22.0. The molecule has 1 fully saturated rings. The molecule has 0 spiro atoms. The zero-order valence-corrected chi connectivity index (χ0v) is 18.4. The summed E-state index contributed by atoms with van der Waals surface area (Å²) in [5.41, 5.74) is 1.93. The normalized spacial score (nSPS) is 13.8. The van der Waals surface area contributed by atoms with Gasteiger partial charge in [0.15, 0.2) is 0 Å². The molecule has 33 heavy (non-hydrogen) atoms. The number of nitriles is 2. The van der Waals surface area contributed by atoms with Crippen LogP contribution < -0.4 is 15.2 Å². The van der Waals surface area contributed by atoms with E-state index in [2.05, 4.69) is 21.8 Å². The zero-order valence-electron chi connectivity index (χ0n) is 18.4. The number of benzene rings is 1. The highest BCUT2D eigenvalue weighted by atomic mass is 16.5. The molecular formula is C25H24N6O2. The lowest BCUT2D eigenvalue weighted by molar-refractivity contribution is 0.170. The molecule has 0 radical (unpaired) electrons. The fraction of sp³-hybridized carbons (Fsp3) is 0.320. The Balaban J connectivity index is 1.39. The third-order valence-electron chi connectivity index (χ3n) is 5.67. The van der Waals surface area contributed by atoms with Crippen molar-refractivity contribution in [3.05, 3.63) is 76.0 Å². The lowest BCUT2D eigenvalue weighted by Crippen LogP contribution is -2.39. The molecule has 0 unspecified atom stereocenters. The molecule has 0 saturated carbocycles. The summed E-state index contributed by atoms with van der Waals surface area (Å²) < 4.78 is 7.50. The van der Waals surface area contributed by atoms with Gasteiger partial charge in [-0.1, -0.05) is 13.3 Å². The molecule has 4 rings (SSSR count). The van der Waals surface area contributed by atoms with Crippen LogP contribution in [0.5, 0.6) is 5.75 Å². The average Bonchev–Trinajstić information content (AvgIpc) is 2.85. The molecule has 0 bridgehead atoms. The Morgan fingerprint density at radius 3 is 2.42 bits per heavy atom. The number of rotatable bonds is 6. The first-order valence-electron chi connectivity index (χ1n) is 11.0. The second-order valence-electron chi connectivity index (χ2n) is 7.97. The van der Waals surface area contributed by atoms with Crippen molar-refractivity contribution in [2.24, 2.45) is 0 Å². The number of hydrogen-bond donors (Lipinski definition) is 0. The van der Waals surface area contributed by atoms with Gasteiger partial charge >= 0.3 is 0 Å². The van der Waals surface area contributed by atoms with Gasteiger partial charge in [-0.25, -0.2) is 9.97 Å². The highest BCUT2D eigenvalue weighted by Gasteiger charge is 2.22. The Morgan fingerprint density at radius 2 is 1.79 bits per heavy atom. The van der Waals surface area contributed by atoms with E-state index in [-0.39, 0.29) is 22.8 Å². The Hall–Kier alpha value is -4.17. The van der Waals surface area contributed by atoms with Gasteiger partial charge in [0, 0.05) is 56.3 Å². The SMILES string of the molecule is CCCc1cnc(N2CCC(Oc3ccn(-c4ccc(C#N)c(C#N)c4)c(=O)c3)CC2)nc1. The number of hydrogen-bond acceptors (Lipinski definition) is 7. The van der Waals surface area contributed by atoms with Crippen molar-refractivity contribution < 1.29 is 4.74 Å². The van der Waals surface area contributed by atoms with E-state index >= 15 is 0 Å². The standard InChI is InChI=1S/C25H24N6O2/c1-2-3-18-16-28-25(29-17-18)30-9-6-22(7-10-30)33-23-8-11-31(24(32)13-23)21-5-4-19(14-26)20(12-21)15-27/h4-5,8,11-13,16-17,22H,2-3,6-7,9-10H2,1H3. The maximum atomic E-state index is 12.7. The Kier molecular flexibility index (Phi) is 6.66. The van der Waals surface area contributed by atoms with Crippen LogP contribution in [0.3, 0.4) is 0 Å². The highest BCUT2D eigenvalue weighted by molar-refractivity contribution is 5.51. The number of anilines is 1. The molecular weight excluding hydrogens is 416 g/mol. The van der Waals surface area contributed by atoms with Crippen LogP contribution in [0.25, 0.3) is 5.69 Å². The van der Waals surface area contributed by atoms with Gasteiger partial charge in [0.1, 0.15) is 24.0 Å². The molecule has 0 amide bonds. The molecule has 0 atom stereocenters. The van der Waals surface area contributed by atoms with Crippen LogP contribution in [-0.4, -0.2) is 33.7 Å². The van der Waals surface area contributed by atoms with Crippen molar-refractivity contribution in [3.63, 3.8) is 0 Å². The number of pyridine rings is 1. The van der Waals surface area contributed by atoms with Gasteiger partial charge in [0.25, 0.3) is 5.56 Å². The van der Waals surface area contributed by atoms with E-state index in [9.17, 15) is 10.1 Å². The monoisotopic (exact) mass is 440 g/mol. The number of piperidine rings is 1. The van der Waals surface area contributed by atoms with E-state index in [0.29, 0.717) is 11.4 Å². The van der Waals surface area contributed by atoms with Gasteiger partial charge in [0.05, 0.1) is 11.1 Å². The quantitative estimate of drug-likeness (QED) is 0.578. The van der Waals surface area contributed by atoms with Gasteiger partial charge in [0.2, 0.25) is 5.95 Å². The van der Waals surface area contributed by atoms with Crippen LogP contribution in [0.2, 0.25) is 0 Å². The predicted octanol–water partition coefficient (Wildman–Crippen LogP) is 3.37. The van der Waals surface area contributed by atoms with Gasteiger partial charge in [-0.15, -0.1) is 0 Å². The summed E-state index contributed by atoms with van der Waals surface area (Å²) in [6.07, 6.45) is 9.11. The van der Waals surface area contributed by atoms with E-state index in [4.69, 9.17) is 10.00 Å². The van der Waals surface area contributed by atoms with Gasteiger partial charge < -0.3 is 9.64 Å². The minimum atomic E-state index is -0.265. The van der Waals surface area contributed by atoms with Crippen LogP contribution in [0, 0.1) is 22.7 Å². The number of aromatic nitrogens is 3. The van der Waals surface area contributed by atoms with E-state index in [1.165, 1.54) is 16.7 Å². The molecule has 8 heteroatoms. The summed E-state index contributed by atoms with van der Waals surface area (Å²) in [6, 6.07) is 11.9. The zero-order chi connectivity index (χ0) is 23.2. The van der Waals surface area contributed by atoms with Crippen molar-refractivity contribution in [3.8, 4) is 23.6 Å². The molecule has 1 aromatic carbocycles. The van der Waals surface area contributed by atoms with Crippen LogP contribution in [0.1, 0.15) is 42.9 Å². The van der Waals surface area contributed by atoms with E-state index < -0.39 is 0 Å². The molecule has 1 aliphatic heterocycles. The van der Waals surface area contributed by atoms with Crippen molar-refractivity contribution >= 4 is 5.95 Å². The minimum Gasteiger partial charge on any atom is -0.490 e. The molecule has 166 valence electrons. The second kappa shape index (κ2) is 9.97. The third-order valence-corrected chi connectivity index (χ3v) is 5.67. The van der Waals surface area contributed by atoms with E-state index in [0.717, 1.165) is 50.3 Å². The highest BCUT2D eigenvalue weighted by Crippen LogP contribution is 2.21. The Morgan fingerprint density at radius 1 is 1.06 bits per heavy atom. The summed E-state index contributed by atoms with van der Waals surface area (Å²) in [5.74, 6) is 1.26. The van der Waals surface area contributed by atoms with Crippen molar-refractivity contribution in [1.82, 2.24) is 14.5 Å². The summed E-state index contributed by atoms with van der Waals surface area (Å²) in [6.45, 7) is 3.71. The third kappa shape index (κ3) is 5.02. The number of nitrogens with zero attached hydrogens (tertiary/aromatic N) is 6. The van der Waals surface area contributed by atoms with Crippen LogP contribution in [0.4, 0.5) is 5.95 Å². The van der Waals surface area contributed by atoms with Crippen LogP contribution >= 0.6 is 0 Å². The van der Waals surface area contributed by atoms with Crippen LogP contribution in [-0.2, 0) is 6.42 Å². The second-order valence-corrected chi connectivity index (χ2v) is 7.97. The van der Waals surface area contributed by atoms with Gasteiger partial charge in [-0.3, -0.25) is 9.36 Å². The lowest BCUT2D eigenvalue weighted by Gasteiger charge is -2.32. The molecule has 8 nitrogen and oxygen atoms in total. The summed E-state index contributed by atoms with van der Waals surface area (Å²) >= 11 is 0. The minimum absolute atomic E-state index is 0.0102. The summed E-state index contributed by atoms with van der Waals surface area (Å²) in [7, 11) is 0. The Labute approximate surface area is 192 Å². The van der Waals surface area contributed by atoms with Crippen LogP contribution in [0.15, 0.2) is 53.7 Å². The van der Waals surface area contributed by atoms with Crippen molar-refractivity contribution in [2.45, 2.75) is 38.7 Å². The smallest absolute Gasteiger partial charge is 0.258 e. The van der Waals surface area contributed by atoms with E-state index in [1.807, 2.05) is 24.5 Å².